The molecule has 0 bridgehead atoms. The van der Waals surface area contributed by atoms with E-state index in [-0.39, 0.29) is 11.7 Å². The third-order valence-corrected chi connectivity index (χ3v) is 4.41. The van der Waals surface area contributed by atoms with Crippen LogP contribution in [0.1, 0.15) is 33.9 Å². The standard InChI is InChI=1S/C21H23FN4O/c1-14-13-15(2)26(25-14)12-4-11-23-21(27)19-9-10-20(24-16(19)3)17-5-7-18(22)8-6-17/h5-10,13H,4,11-12H2,1-3H3,(H,23,27). The van der Waals surface area contributed by atoms with Crippen LogP contribution in [0, 0.1) is 26.6 Å². The Bertz CT molecular complexity index is 947. The Morgan fingerprint density at radius 1 is 1.11 bits per heavy atom. The van der Waals surface area contributed by atoms with Crippen LogP contribution in [0.4, 0.5) is 4.39 Å². The predicted molar refractivity (Wildman–Crippen MR) is 103 cm³/mol. The van der Waals surface area contributed by atoms with Crippen LogP contribution in [0.3, 0.4) is 0 Å². The molecule has 140 valence electrons. The van der Waals surface area contributed by atoms with Gasteiger partial charge in [-0.3, -0.25) is 14.5 Å². The van der Waals surface area contributed by atoms with Crippen LogP contribution >= 0.6 is 0 Å². The Balaban J connectivity index is 1.58. The molecule has 0 aliphatic carbocycles. The molecule has 0 aliphatic heterocycles. The van der Waals surface area contributed by atoms with Gasteiger partial charge in [0.25, 0.3) is 5.91 Å². The van der Waals surface area contributed by atoms with Gasteiger partial charge in [-0.1, -0.05) is 0 Å². The summed E-state index contributed by atoms with van der Waals surface area (Å²) in [7, 11) is 0. The fourth-order valence-electron chi connectivity index (χ4n) is 3.01. The zero-order valence-corrected chi connectivity index (χ0v) is 15.8. The number of amides is 1. The molecule has 3 rings (SSSR count). The Morgan fingerprint density at radius 3 is 2.48 bits per heavy atom. The molecule has 6 heteroatoms. The highest BCUT2D eigenvalue weighted by Crippen LogP contribution is 2.19. The van der Waals surface area contributed by atoms with Crippen LogP contribution in [-0.4, -0.2) is 27.2 Å². The Kier molecular flexibility index (Phi) is 5.64. The molecule has 5 nitrogen and oxygen atoms in total. The molecule has 0 saturated heterocycles. The molecule has 1 amide bonds. The second kappa shape index (κ2) is 8.12. The number of pyridine rings is 1. The van der Waals surface area contributed by atoms with Crippen molar-refractivity contribution in [1.82, 2.24) is 20.1 Å². The number of nitrogens with zero attached hydrogens (tertiary/aromatic N) is 3. The number of halogens is 1. The lowest BCUT2D eigenvalue weighted by atomic mass is 10.1. The molecule has 0 saturated carbocycles. The van der Waals surface area contributed by atoms with Gasteiger partial charge in [-0.15, -0.1) is 0 Å². The van der Waals surface area contributed by atoms with E-state index < -0.39 is 0 Å². The van der Waals surface area contributed by atoms with Crippen LogP contribution in [0.5, 0.6) is 0 Å². The maximum Gasteiger partial charge on any atom is 0.253 e. The van der Waals surface area contributed by atoms with Crippen LogP contribution < -0.4 is 5.32 Å². The van der Waals surface area contributed by atoms with Gasteiger partial charge in [0.15, 0.2) is 0 Å². The summed E-state index contributed by atoms with van der Waals surface area (Å²) < 4.78 is 15.0. The van der Waals surface area contributed by atoms with Gasteiger partial charge in [-0.05, 0) is 69.7 Å². The van der Waals surface area contributed by atoms with Crippen molar-refractivity contribution in [3.05, 3.63) is 70.9 Å². The molecule has 1 aromatic carbocycles. The van der Waals surface area contributed by atoms with Crippen LogP contribution in [0.25, 0.3) is 11.3 Å². The fraction of sp³-hybridized carbons (Fsp3) is 0.286. The monoisotopic (exact) mass is 366 g/mol. The zero-order chi connectivity index (χ0) is 19.4. The summed E-state index contributed by atoms with van der Waals surface area (Å²) in [5, 5.41) is 7.35. The van der Waals surface area contributed by atoms with Gasteiger partial charge in [0, 0.05) is 24.3 Å². The van der Waals surface area contributed by atoms with Crippen LogP contribution in [0.2, 0.25) is 0 Å². The van der Waals surface area contributed by atoms with Crippen molar-refractivity contribution in [3.8, 4) is 11.3 Å². The minimum atomic E-state index is -0.285. The minimum absolute atomic E-state index is 0.140. The van der Waals surface area contributed by atoms with Gasteiger partial charge in [0.2, 0.25) is 0 Å². The Hall–Kier alpha value is -3.02. The van der Waals surface area contributed by atoms with Crippen LogP contribution in [-0.2, 0) is 6.54 Å². The molecule has 0 spiro atoms. The summed E-state index contributed by atoms with van der Waals surface area (Å²) in [6, 6.07) is 11.7. The molecule has 3 aromatic rings. The molecule has 2 heterocycles. The summed E-state index contributed by atoms with van der Waals surface area (Å²) in [4.78, 5) is 16.9. The number of nitrogens with one attached hydrogen (secondary N) is 1. The van der Waals surface area contributed by atoms with Gasteiger partial charge in [0.05, 0.1) is 22.6 Å². The van der Waals surface area contributed by atoms with Gasteiger partial charge >= 0.3 is 0 Å². The summed E-state index contributed by atoms with van der Waals surface area (Å²) in [6.07, 6.45) is 0.799. The van der Waals surface area contributed by atoms with Crippen LogP contribution in [0.15, 0.2) is 42.5 Å². The number of carbonyl (C=O) groups excluding carboxylic acids is 1. The summed E-state index contributed by atoms with van der Waals surface area (Å²) >= 11 is 0. The number of aryl methyl sites for hydroxylation is 4. The molecule has 0 aliphatic rings. The second-order valence-corrected chi connectivity index (χ2v) is 6.60. The lowest BCUT2D eigenvalue weighted by Crippen LogP contribution is -2.26. The lowest BCUT2D eigenvalue weighted by molar-refractivity contribution is 0.0951. The van der Waals surface area contributed by atoms with E-state index in [1.807, 2.05) is 24.6 Å². The van der Waals surface area contributed by atoms with E-state index in [0.29, 0.717) is 23.5 Å². The topological polar surface area (TPSA) is 59.8 Å². The molecule has 0 atom stereocenters. The number of rotatable bonds is 6. The SMILES string of the molecule is Cc1cc(C)n(CCCNC(=O)c2ccc(-c3ccc(F)cc3)nc2C)n1. The summed E-state index contributed by atoms with van der Waals surface area (Å²) in [5.41, 5.74) is 4.85. The summed E-state index contributed by atoms with van der Waals surface area (Å²) in [6.45, 7) is 7.13. The Labute approximate surface area is 158 Å². The van der Waals surface area contributed by atoms with E-state index >= 15 is 0 Å². The number of carbonyl (C=O) groups is 1. The molecule has 27 heavy (non-hydrogen) atoms. The van der Waals surface area contributed by atoms with Crippen molar-refractivity contribution in [2.75, 3.05) is 6.54 Å². The molecule has 0 radical (unpaired) electrons. The third-order valence-electron chi connectivity index (χ3n) is 4.41. The molecule has 1 N–H and O–H groups in total. The average Bonchev–Trinajstić information content (AvgIpc) is 2.96. The number of hydrogen-bond acceptors (Lipinski definition) is 3. The maximum absolute atomic E-state index is 13.1. The lowest BCUT2D eigenvalue weighted by Gasteiger charge is -2.10. The summed E-state index contributed by atoms with van der Waals surface area (Å²) in [5.74, 6) is -0.425. The molecule has 0 unspecified atom stereocenters. The largest absolute Gasteiger partial charge is 0.352 e. The average molecular weight is 366 g/mol. The quantitative estimate of drug-likeness (QED) is 0.675. The van der Waals surface area contributed by atoms with Crippen molar-refractivity contribution < 1.29 is 9.18 Å². The van der Waals surface area contributed by atoms with Crippen molar-refractivity contribution in [2.45, 2.75) is 33.7 Å². The predicted octanol–water partition coefficient (Wildman–Crippen LogP) is 3.83. The minimum Gasteiger partial charge on any atom is -0.352 e. The first kappa shape index (κ1) is 18.8. The van der Waals surface area contributed by atoms with Crippen molar-refractivity contribution in [1.29, 1.82) is 0 Å². The van der Waals surface area contributed by atoms with Gasteiger partial charge in [-0.2, -0.15) is 5.10 Å². The smallest absolute Gasteiger partial charge is 0.253 e. The highest BCUT2D eigenvalue weighted by atomic mass is 19.1. The van der Waals surface area contributed by atoms with E-state index in [4.69, 9.17) is 0 Å². The highest BCUT2D eigenvalue weighted by molar-refractivity contribution is 5.95. The van der Waals surface area contributed by atoms with Crippen molar-refractivity contribution >= 4 is 5.91 Å². The number of hydrogen-bond donors (Lipinski definition) is 1. The van der Waals surface area contributed by atoms with Gasteiger partial charge < -0.3 is 5.32 Å². The van der Waals surface area contributed by atoms with E-state index in [1.54, 1.807) is 31.2 Å². The fourth-order valence-corrected chi connectivity index (χ4v) is 3.01. The maximum atomic E-state index is 13.1. The van der Waals surface area contributed by atoms with E-state index in [2.05, 4.69) is 15.4 Å². The van der Waals surface area contributed by atoms with E-state index in [0.717, 1.165) is 29.9 Å². The molecular formula is C21H23FN4O. The van der Waals surface area contributed by atoms with Crippen molar-refractivity contribution in [2.24, 2.45) is 0 Å². The number of aromatic nitrogens is 3. The highest BCUT2D eigenvalue weighted by Gasteiger charge is 2.11. The van der Waals surface area contributed by atoms with Crippen molar-refractivity contribution in [3.63, 3.8) is 0 Å². The normalized spacial score (nSPS) is 10.8. The first-order chi connectivity index (χ1) is 12.9. The molecule has 2 aromatic heterocycles. The number of benzene rings is 1. The second-order valence-electron chi connectivity index (χ2n) is 6.60. The molecule has 0 fully saturated rings. The zero-order valence-electron chi connectivity index (χ0n) is 15.8. The van der Waals surface area contributed by atoms with E-state index in [9.17, 15) is 9.18 Å². The first-order valence-corrected chi connectivity index (χ1v) is 8.97. The Morgan fingerprint density at radius 2 is 1.85 bits per heavy atom. The van der Waals surface area contributed by atoms with E-state index in [1.165, 1.54) is 12.1 Å². The molecular weight excluding hydrogens is 343 g/mol. The van der Waals surface area contributed by atoms with Gasteiger partial charge in [-0.25, -0.2) is 4.39 Å². The first-order valence-electron chi connectivity index (χ1n) is 8.97. The van der Waals surface area contributed by atoms with Gasteiger partial charge in [0.1, 0.15) is 5.82 Å². The third kappa shape index (κ3) is 4.58.